The highest BCUT2D eigenvalue weighted by molar-refractivity contribution is 5.90. The number of methoxy groups -OCH3 is 2. The van der Waals surface area contributed by atoms with E-state index in [-0.39, 0.29) is 12.1 Å². The number of esters is 1. The van der Waals surface area contributed by atoms with Crippen molar-refractivity contribution in [1.29, 1.82) is 0 Å². The van der Waals surface area contributed by atoms with Gasteiger partial charge in [-0.2, -0.15) is 0 Å². The zero-order valence-corrected chi connectivity index (χ0v) is 19.5. The summed E-state index contributed by atoms with van der Waals surface area (Å²) in [7, 11) is 2.90. The van der Waals surface area contributed by atoms with Gasteiger partial charge in [0.05, 0.1) is 25.4 Å². The normalized spacial score (nSPS) is 17.3. The number of nitrogens with zero attached hydrogens (tertiary/aromatic N) is 4. The number of pyridine rings is 1. The summed E-state index contributed by atoms with van der Waals surface area (Å²) in [6.07, 6.45) is 3.59. The van der Waals surface area contributed by atoms with Crippen LogP contribution in [0.1, 0.15) is 56.9 Å². The first kappa shape index (κ1) is 22.2. The Morgan fingerprint density at radius 3 is 2.28 bits per heavy atom. The molecule has 2 aliphatic rings. The summed E-state index contributed by atoms with van der Waals surface area (Å²) in [5.74, 6) is -0.0224. The zero-order valence-electron chi connectivity index (χ0n) is 19.5. The number of anilines is 1. The van der Waals surface area contributed by atoms with Crippen LogP contribution in [0.2, 0.25) is 0 Å². The summed E-state index contributed by atoms with van der Waals surface area (Å²) in [6, 6.07) is 5.94. The molecule has 2 fully saturated rings. The quantitative estimate of drug-likeness (QED) is 0.653. The Labute approximate surface area is 188 Å². The van der Waals surface area contributed by atoms with Gasteiger partial charge < -0.3 is 24.0 Å². The molecule has 2 aromatic heterocycles. The lowest BCUT2D eigenvalue weighted by atomic mass is 10.0. The molecule has 2 aromatic rings. The molecule has 1 aliphatic heterocycles. The molecule has 174 valence electrons. The van der Waals surface area contributed by atoms with Crippen molar-refractivity contribution in [3.05, 3.63) is 23.9 Å². The zero-order chi connectivity index (χ0) is 23.0. The lowest BCUT2D eigenvalue weighted by Gasteiger charge is -2.40. The molecular weight excluding hydrogens is 412 g/mol. The van der Waals surface area contributed by atoms with Gasteiger partial charge in [0.1, 0.15) is 5.60 Å². The van der Waals surface area contributed by atoms with Crippen LogP contribution in [0.5, 0.6) is 5.88 Å². The summed E-state index contributed by atoms with van der Waals surface area (Å²) in [5, 5.41) is 4.39. The number of rotatable bonds is 5. The first-order chi connectivity index (χ1) is 15.2. The third kappa shape index (κ3) is 4.47. The molecule has 0 atom stereocenters. The molecule has 1 aliphatic carbocycles. The second kappa shape index (κ2) is 8.52. The van der Waals surface area contributed by atoms with E-state index >= 15 is 0 Å². The number of ether oxygens (including phenoxy) is 3. The highest BCUT2D eigenvalue weighted by Crippen LogP contribution is 2.35. The summed E-state index contributed by atoms with van der Waals surface area (Å²) >= 11 is 0. The highest BCUT2D eigenvalue weighted by atomic mass is 16.6. The number of piperidine rings is 1. The van der Waals surface area contributed by atoms with Gasteiger partial charge in [0, 0.05) is 31.2 Å². The van der Waals surface area contributed by atoms with Crippen LogP contribution in [0, 0.1) is 0 Å². The molecule has 0 spiro atoms. The van der Waals surface area contributed by atoms with E-state index in [9.17, 15) is 9.59 Å². The Morgan fingerprint density at radius 1 is 1.06 bits per heavy atom. The Hall–Kier alpha value is -2.97. The minimum absolute atomic E-state index is 0.165. The van der Waals surface area contributed by atoms with Crippen molar-refractivity contribution in [2.45, 2.75) is 64.1 Å². The highest BCUT2D eigenvalue weighted by Gasteiger charge is 2.40. The van der Waals surface area contributed by atoms with Crippen molar-refractivity contribution in [2.24, 2.45) is 0 Å². The third-order valence-corrected chi connectivity index (χ3v) is 5.92. The van der Waals surface area contributed by atoms with Crippen molar-refractivity contribution in [3.63, 3.8) is 0 Å². The minimum atomic E-state index is -0.501. The smallest absolute Gasteiger partial charge is 0.410 e. The van der Waals surface area contributed by atoms with Gasteiger partial charge in [-0.1, -0.05) is 0 Å². The monoisotopic (exact) mass is 444 g/mol. The number of carbonyl (C=O) groups is 2. The lowest BCUT2D eigenvalue weighted by Crippen LogP contribution is -2.50. The van der Waals surface area contributed by atoms with Crippen LogP contribution in [-0.4, -0.2) is 71.6 Å². The van der Waals surface area contributed by atoms with Gasteiger partial charge in [0.2, 0.25) is 5.88 Å². The second-order valence-electron chi connectivity index (χ2n) is 9.42. The van der Waals surface area contributed by atoms with Crippen LogP contribution < -0.4 is 9.64 Å². The fourth-order valence-electron chi connectivity index (χ4n) is 4.31. The van der Waals surface area contributed by atoms with Gasteiger partial charge in [-0.3, -0.25) is 0 Å². The second-order valence-corrected chi connectivity index (χ2v) is 9.42. The molecule has 9 nitrogen and oxygen atoms in total. The van der Waals surface area contributed by atoms with E-state index in [1.165, 1.54) is 7.11 Å². The molecule has 1 saturated heterocycles. The number of carbonyl (C=O) groups excluding carboxylic acids is 2. The van der Waals surface area contributed by atoms with Crippen LogP contribution in [0.25, 0.3) is 5.52 Å². The number of amides is 1. The van der Waals surface area contributed by atoms with E-state index in [2.05, 4.69) is 10.00 Å². The standard InChI is InChI=1S/C23H32N4O5/c1-23(2,3)32-22(29)26(15-6-7-15)16-10-12-25(13-11-16)17-8-9-18(21(28)31-5)27-19(17)14-20(24-27)30-4/h8-9,14-16H,6-7,10-13H2,1-5H3. The molecule has 0 N–H and O–H groups in total. The molecule has 0 bridgehead atoms. The largest absolute Gasteiger partial charge is 0.480 e. The molecule has 0 aromatic carbocycles. The van der Waals surface area contributed by atoms with E-state index in [1.54, 1.807) is 17.7 Å². The summed E-state index contributed by atoms with van der Waals surface area (Å²) in [6.45, 7) is 7.29. The molecule has 0 unspecified atom stereocenters. The molecule has 1 amide bonds. The Bertz CT molecular complexity index is 1000. The van der Waals surface area contributed by atoms with Crippen LogP contribution in [-0.2, 0) is 9.47 Å². The van der Waals surface area contributed by atoms with Gasteiger partial charge in [0.25, 0.3) is 0 Å². The SMILES string of the molecule is COC(=O)c1ccc(N2CCC(N(C(=O)OC(C)(C)C)C3CC3)CC2)c2cc(OC)nn12. The maximum atomic E-state index is 12.9. The predicted molar refractivity (Wildman–Crippen MR) is 119 cm³/mol. The fraction of sp³-hybridized carbons (Fsp3) is 0.609. The number of hydrogen-bond acceptors (Lipinski definition) is 7. The summed E-state index contributed by atoms with van der Waals surface area (Å²) in [4.78, 5) is 29.3. The van der Waals surface area contributed by atoms with Crippen LogP contribution in [0.15, 0.2) is 18.2 Å². The summed E-state index contributed by atoms with van der Waals surface area (Å²) in [5.41, 5.74) is 1.60. The van der Waals surface area contributed by atoms with Gasteiger partial charge in [0.15, 0.2) is 5.69 Å². The van der Waals surface area contributed by atoms with Crippen molar-refractivity contribution in [2.75, 3.05) is 32.2 Å². The van der Waals surface area contributed by atoms with Gasteiger partial charge in [-0.05, 0) is 58.6 Å². The van der Waals surface area contributed by atoms with Crippen LogP contribution in [0.4, 0.5) is 10.5 Å². The maximum Gasteiger partial charge on any atom is 0.410 e. The average Bonchev–Trinajstić information content (AvgIpc) is 3.48. The van der Waals surface area contributed by atoms with Crippen molar-refractivity contribution >= 4 is 23.3 Å². The molecule has 3 heterocycles. The van der Waals surface area contributed by atoms with E-state index in [4.69, 9.17) is 14.2 Å². The van der Waals surface area contributed by atoms with Gasteiger partial charge in [-0.25, -0.2) is 14.1 Å². The number of aromatic nitrogens is 2. The average molecular weight is 445 g/mol. The first-order valence-corrected chi connectivity index (χ1v) is 11.1. The molecule has 1 saturated carbocycles. The minimum Gasteiger partial charge on any atom is -0.480 e. The lowest BCUT2D eigenvalue weighted by molar-refractivity contribution is 0.0113. The maximum absolute atomic E-state index is 12.9. The topological polar surface area (TPSA) is 85.6 Å². The van der Waals surface area contributed by atoms with E-state index in [0.29, 0.717) is 17.6 Å². The Balaban J connectivity index is 1.53. The molecule has 32 heavy (non-hydrogen) atoms. The van der Waals surface area contributed by atoms with Crippen molar-refractivity contribution < 1.29 is 23.8 Å². The van der Waals surface area contributed by atoms with Gasteiger partial charge >= 0.3 is 12.1 Å². The van der Waals surface area contributed by atoms with Gasteiger partial charge in [-0.15, -0.1) is 5.10 Å². The molecule has 9 heteroatoms. The first-order valence-electron chi connectivity index (χ1n) is 11.1. The van der Waals surface area contributed by atoms with Crippen LogP contribution in [0.3, 0.4) is 0 Å². The van der Waals surface area contributed by atoms with Crippen molar-refractivity contribution in [3.8, 4) is 5.88 Å². The Morgan fingerprint density at radius 2 is 1.72 bits per heavy atom. The molecule has 0 radical (unpaired) electrons. The van der Waals surface area contributed by atoms with E-state index in [0.717, 1.165) is 50.0 Å². The number of fused-ring (bicyclic) bond motifs is 1. The van der Waals surface area contributed by atoms with E-state index < -0.39 is 11.6 Å². The third-order valence-electron chi connectivity index (χ3n) is 5.92. The predicted octanol–water partition coefficient (Wildman–Crippen LogP) is 3.50. The molecule has 4 rings (SSSR count). The van der Waals surface area contributed by atoms with E-state index in [1.807, 2.05) is 37.8 Å². The summed E-state index contributed by atoms with van der Waals surface area (Å²) < 4.78 is 17.5. The van der Waals surface area contributed by atoms with Crippen LogP contribution >= 0.6 is 0 Å². The fourth-order valence-corrected chi connectivity index (χ4v) is 4.31. The van der Waals surface area contributed by atoms with Crippen molar-refractivity contribution in [1.82, 2.24) is 14.5 Å². The number of hydrogen-bond donors (Lipinski definition) is 0. The molecular formula is C23H32N4O5. The Kier molecular flexibility index (Phi) is 5.92.